The molecule has 0 bridgehead atoms. The van der Waals surface area contributed by atoms with Gasteiger partial charge in [0, 0.05) is 26.2 Å². The lowest BCUT2D eigenvalue weighted by molar-refractivity contribution is -0.144. The zero-order valence-electron chi connectivity index (χ0n) is 45.0. The molecule has 12 N–H and O–H groups in total. The van der Waals surface area contributed by atoms with Gasteiger partial charge >= 0.3 is 11.9 Å². The first-order valence-corrected chi connectivity index (χ1v) is 27.3. The minimum atomic E-state index is -1.19. The van der Waals surface area contributed by atoms with Gasteiger partial charge in [-0.3, -0.25) is 43.3 Å². The van der Waals surface area contributed by atoms with E-state index in [1.165, 1.54) is 0 Å². The maximum absolute atomic E-state index is 14.0. The molecule has 4 aliphatic heterocycles. The van der Waals surface area contributed by atoms with Crippen LogP contribution < -0.4 is 43.4 Å². The lowest BCUT2D eigenvalue weighted by atomic mass is 9.71. The van der Waals surface area contributed by atoms with E-state index in [4.69, 9.17) is 21.7 Å². The van der Waals surface area contributed by atoms with Gasteiger partial charge in [0.05, 0.1) is 16.2 Å². The summed E-state index contributed by atoms with van der Waals surface area (Å²) in [6.45, 7) is 7.25. The smallest absolute Gasteiger partial charge is 0.322 e. The standard InChI is InChI=1S/C32H42N4O5.C25H37N7O5.CH4/c1-23(2)21-26(35-30(41)31(13-17-33-18-14-31)24-9-5-3-6-10-24)28(39)36-19-15-32(16-20-36,25-11-7-4-8-12-25)29(40)34-22-27(37)38;26-24(27)29-12-4-8-18(21(35)30-16-20(33)34)31-22(36)19-9-5-15-32(19)23(37)25(10-13-28-14-11-25)17-6-2-1-3-7-17;/h3-12,23,26,33H,13-22H2,1-2H3,(H,34,40)(H,35,41)(H,37,38);1-3,6-7,18-19,28H,4-5,8-16H2,(H,30,35)(H,31,36)(H,33,34)(H4,26,27,29);1H4/t26-;18-,19+;/m10./s1. The highest BCUT2D eigenvalue weighted by molar-refractivity contribution is 5.97. The molecule has 4 saturated heterocycles. The number of aliphatic carboxylic acids is 2. The Balaban J connectivity index is 0.000000289. The van der Waals surface area contributed by atoms with Crippen LogP contribution in [0.2, 0.25) is 0 Å². The lowest BCUT2D eigenvalue weighted by Gasteiger charge is -2.42. The molecule has 7 rings (SSSR count). The zero-order chi connectivity index (χ0) is 56.3. The summed E-state index contributed by atoms with van der Waals surface area (Å²) in [4.78, 5) is 111. The summed E-state index contributed by atoms with van der Waals surface area (Å²) in [6, 6.07) is 26.5. The van der Waals surface area contributed by atoms with Crippen molar-refractivity contribution in [2.45, 2.75) is 126 Å². The number of piperidine rings is 3. The number of rotatable bonds is 21. The van der Waals surface area contributed by atoms with Gasteiger partial charge in [0.1, 0.15) is 31.2 Å². The molecule has 79 heavy (non-hydrogen) atoms. The van der Waals surface area contributed by atoms with Crippen molar-refractivity contribution in [1.29, 1.82) is 0 Å². The molecule has 21 nitrogen and oxygen atoms in total. The fraction of sp³-hybridized carbons (Fsp3) is 0.534. The topological polar surface area (TPSA) is 320 Å². The number of carbonyl (C=O) groups excluding carboxylic acids is 6. The van der Waals surface area contributed by atoms with Gasteiger partial charge in [-0.05, 0) is 119 Å². The number of nitrogens with one attached hydrogen (secondary N) is 6. The Kier molecular flexibility index (Phi) is 23.4. The number of nitrogens with zero attached hydrogens (tertiary/aromatic N) is 3. The van der Waals surface area contributed by atoms with Gasteiger partial charge in [0.15, 0.2) is 5.96 Å². The zero-order valence-corrected chi connectivity index (χ0v) is 45.0. The Morgan fingerprint density at radius 3 is 1.62 bits per heavy atom. The number of carbonyl (C=O) groups is 8. The van der Waals surface area contributed by atoms with Crippen molar-refractivity contribution in [3.63, 3.8) is 0 Å². The van der Waals surface area contributed by atoms with E-state index >= 15 is 0 Å². The molecule has 3 aromatic rings. The summed E-state index contributed by atoms with van der Waals surface area (Å²) >= 11 is 0. The molecule has 4 heterocycles. The third-order valence-corrected chi connectivity index (χ3v) is 15.6. The van der Waals surface area contributed by atoms with Crippen molar-refractivity contribution in [2.75, 3.05) is 65.4 Å². The predicted molar refractivity (Wildman–Crippen MR) is 300 cm³/mol. The van der Waals surface area contributed by atoms with E-state index in [0.29, 0.717) is 96.9 Å². The van der Waals surface area contributed by atoms with Gasteiger partial charge in [-0.25, -0.2) is 0 Å². The Labute approximate surface area is 463 Å². The normalized spacial score (nSPS) is 18.8. The van der Waals surface area contributed by atoms with Crippen LogP contribution in [-0.4, -0.2) is 157 Å². The Morgan fingerprint density at radius 2 is 1.13 bits per heavy atom. The Hall–Kier alpha value is -7.39. The third-order valence-electron chi connectivity index (χ3n) is 15.6. The second kappa shape index (κ2) is 29.5. The SMILES string of the molecule is C.CC(C)C[C@@H](NC(=O)C1(c2ccccc2)CCNCC1)C(=O)N1CCC(C(=O)NCC(=O)O)(c2ccccc2)CC1.NC(N)=NCCC[C@H](NC(=O)[C@H]1CCCN1C(=O)C1(c2ccccc2)CCNCC1)C(=O)NCC(=O)O. The molecule has 3 atom stereocenters. The number of amides is 6. The first kappa shape index (κ1) is 62.5. The number of carboxylic acid groups (broad SMARTS) is 2. The van der Waals surface area contributed by atoms with Gasteiger partial charge < -0.3 is 63.4 Å². The summed E-state index contributed by atoms with van der Waals surface area (Å²) in [6.07, 6.45) is 5.54. The van der Waals surface area contributed by atoms with Gasteiger partial charge in [0.25, 0.3) is 0 Å². The fourth-order valence-electron chi connectivity index (χ4n) is 11.4. The highest BCUT2D eigenvalue weighted by Crippen LogP contribution is 2.39. The van der Waals surface area contributed by atoms with Crippen molar-refractivity contribution >= 4 is 53.3 Å². The van der Waals surface area contributed by atoms with Gasteiger partial charge in [-0.2, -0.15) is 0 Å². The number of benzene rings is 3. The van der Waals surface area contributed by atoms with E-state index in [9.17, 15) is 38.4 Å². The minimum Gasteiger partial charge on any atom is -0.480 e. The van der Waals surface area contributed by atoms with Crippen LogP contribution in [0.4, 0.5) is 0 Å². The first-order chi connectivity index (χ1) is 37.4. The van der Waals surface area contributed by atoms with Crippen molar-refractivity contribution in [1.82, 2.24) is 41.7 Å². The van der Waals surface area contributed by atoms with E-state index in [1.54, 1.807) is 9.80 Å². The molecule has 0 spiro atoms. The third kappa shape index (κ3) is 16.1. The van der Waals surface area contributed by atoms with E-state index in [-0.39, 0.29) is 55.9 Å². The Morgan fingerprint density at radius 1 is 0.646 bits per heavy atom. The summed E-state index contributed by atoms with van der Waals surface area (Å²) in [5, 5.41) is 35.5. The van der Waals surface area contributed by atoms with E-state index in [0.717, 1.165) is 29.8 Å². The highest BCUT2D eigenvalue weighted by atomic mass is 16.4. The van der Waals surface area contributed by atoms with Crippen LogP contribution in [0.5, 0.6) is 0 Å². The minimum absolute atomic E-state index is 0. The van der Waals surface area contributed by atoms with Crippen molar-refractivity contribution in [3.8, 4) is 0 Å². The van der Waals surface area contributed by atoms with E-state index < -0.39 is 71.2 Å². The Bertz CT molecular complexity index is 2540. The average Bonchev–Trinajstić information content (AvgIpc) is 4.01. The molecular weight excluding hydrogens is 1010 g/mol. The van der Waals surface area contributed by atoms with Crippen molar-refractivity contribution in [3.05, 3.63) is 108 Å². The maximum Gasteiger partial charge on any atom is 0.322 e. The predicted octanol–water partition coefficient (Wildman–Crippen LogP) is 2.27. The number of aliphatic imine (C=N–C) groups is 1. The molecule has 0 unspecified atom stereocenters. The maximum atomic E-state index is 14.0. The molecule has 3 aromatic carbocycles. The number of guanidine groups is 1. The van der Waals surface area contributed by atoms with Gasteiger partial charge in [-0.15, -0.1) is 0 Å². The highest BCUT2D eigenvalue weighted by Gasteiger charge is 2.49. The van der Waals surface area contributed by atoms with Crippen LogP contribution in [0.15, 0.2) is 96.0 Å². The molecule has 0 aliphatic carbocycles. The molecule has 430 valence electrons. The number of carboxylic acids is 2. The number of nitrogens with two attached hydrogens (primary N) is 2. The second-order valence-corrected chi connectivity index (χ2v) is 21.2. The monoisotopic (exact) mass is 1090 g/mol. The van der Waals surface area contributed by atoms with Crippen LogP contribution in [0.25, 0.3) is 0 Å². The van der Waals surface area contributed by atoms with Crippen molar-refractivity contribution < 1.29 is 48.6 Å². The number of hydrogen-bond donors (Lipinski definition) is 10. The summed E-state index contributed by atoms with van der Waals surface area (Å²) in [7, 11) is 0. The molecule has 21 heteroatoms. The average molecular weight is 1090 g/mol. The molecule has 0 radical (unpaired) electrons. The lowest BCUT2D eigenvalue weighted by Crippen LogP contribution is -2.59. The number of hydrogen-bond acceptors (Lipinski definition) is 11. The molecule has 6 amide bonds. The molecule has 0 aromatic heterocycles. The van der Waals surface area contributed by atoms with Crippen LogP contribution >= 0.6 is 0 Å². The fourth-order valence-corrected chi connectivity index (χ4v) is 11.4. The summed E-state index contributed by atoms with van der Waals surface area (Å²) in [5.41, 5.74) is 11.1. The van der Waals surface area contributed by atoms with E-state index in [2.05, 4.69) is 36.9 Å². The van der Waals surface area contributed by atoms with Crippen molar-refractivity contribution in [2.24, 2.45) is 22.4 Å². The summed E-state index contributed by atoms with van der Waals surface area (Å²) in [5.74, 6) is -3.93. The number of likely N-dealkylation sites (tertiary alicyclic amines) is 2. The van der Waals surface area contributed by atoms with Crippen LogP contribution in [0.3, 0.4) is 0 Å². The molecule has 4 fully saturated rings. The molecule has 0 saturated carbocycles. The second-order valence-electron chi connectivity index (χ2n) is 21.2. The van der Waals surface area contributed by atoms with E-state index in [1.807, 2.05) is 105 Å². The first-order valence-electron chi connectivity index (χ1n) is 27.3. The van der Waals surface area contributed by atoms with Crippen LogP contribution in [0.1, 0.15) is 109 Å². The largest absolute Gasteiger partial charge is 0.480 e. The molecule has 4 aliphatic rings. The molecular formula is C58H83N11O10. The summed E-state index contributed by atoms with van der Waals surface area (Å²) < 4.78 is 0. The van der Waals surface area contributed by atoms with Gasteiger partial charge in [0.2, 0.25) is 35.4 Å². The van der Waals surface area contributed by atoms with Crippen LogP contribution in [-0.2, 0) is 54.6 Å². The quantitative estimate of drug-likeness (QED) is 0.0416. The van der Waals surface area contributed by atoms with Gasteiger partial charge in [-0.1, -0.05) is 112 Å². The van der Waals surface area contributed by atoms with Crippen LogP contribution in [0, 0.1) is 5.92 Å².